The van der Waals surface area contributed by atoms with Crippen LogP contribution in [0.3, 0.4) is 0 Å². The first-order chi connectivity index (χ1) is 11.8. The van der Waals surface area contributed by atoms with Gasteiger partial charge in [-0.25, -0.2) is 4.98 Å². The van der Waals surface area contributed by atoms with E-state index in [1.54, 1.807) is 18.6 Å². The number of hydrogen-bond donors (Lipinski definition) is 1. The minimum absolute atomic E-state index is 0.227. The number of para-hydroxylation sites is 1. The monoisotopic (exact) mass is 332 g/mol. The number of rotatable bonds is 3. The van der Waals surface area contributed by atoms with Gasteiger partial charge in [0.1, 0.15) is 0 Å². The fourth-order valence-electron chi connectivity index (χ4n) is 2.32. The SMILES string of the molecule is O=C(Nc1ccc(-c2ccncc2)nc1)c1nc2ccccc2s1. The van der Waals surface area contributed by atoms with Gasteiger partial charge in [0.15, 0.2) is 5.01 Å². The lowest BCUT2D eigenvalue weighted by molar-refractivity contribution is 0.102. The Labute approximate surface area is 142 Å². The molecular weight excluding hydrogens is 320 g/mol. The molecule has 116 valence electrons. The molecule has 0 saturated heterocycles. The summed E-state index contributed by atoms with van der Waals surface area (Å²) in [4.78, 5) is 25.1. The molecule has 1 N–H and O–H groups in total. The van der Waals surface area contributed by atoms with E-state index in [2.05, 4.69) is 20.3 Å². The molecule has 0 fully saturated rings. The lowest BCUT2D eigenvalue weighted by Gasteiger charge is -2.04. The first-order valence-electron chi connectivity index (χ1n) is 7.33. The number of aromatic nitrogens is 3. The molecule has 0 bridgehead atoms. The molecule has 0 aliphatic heterocycles. The zero-order valence-electron chi connectivity index (χ0n) is 12.5. The number of pyridine rings is 2. The van der Waals surface area contributed by atoms with Crippen molar-refractivity contribution in [2.75, 3.05) is 5.32 Å². The van der Waals surface area contributed by atoms with Crippen molar-refractivity contribution in [3.05, 3.63) is 72.1 Å². The van der Waals surface area contributed by atoms with Gasteiger partial charge in [-0.2, -0.15) is 0 Å². The molecule has 4 rings (SSSR count). The van der Waals surface area contributed by atoms with Crippen LogP contribution in [-0.2, 0) is 0 Å². The topological polar surface area (TPSA) is 67.8 Å². The number of amides is 1. The van der Waals surface area contributed by atoms with Crippen LogP contribution in [0.2, 0.25) is 0 Å². The van der Waals surface area contributed by atoms with Crippen LogP contribution >= 0.6 is 11.3 Å². The van der Waals surface area contributed by atoms with E-state index in [1.807, 2.05) is 48.5 Å². The fraction of sp³-hybridized carbons (Fsp3) is 0. The van der Waals surface area contributed by atoms with Crippen LogP contribution in [0, 0.1) is 0 Å². The quantitative estimate of drug-likeness (QED) is 0.615. The van der Waals surface area contributed by atoms with Crippen molar-refractivity contribution < 1.29 is 4.79 Å². The highest BCUT2D eigenvalue weighted by Crippen LogP contribution is 2.23. The molecule has 3 heterocycles. The lowest BCUT2D eigenvalue weighted by atomic mass is 10.2. The molecule has 0 aliphatic carbocycles. The predicted octanol–water partition coefficient (Wildman–Crippen LogP) is 4.01. The van der Waals surface area contributed by atoms with Crippen molar-refractivity contribution in [3.63, 3.8) is 0 Å². The molecule has 5 nitrogen and oxygen atoms in total. The zero-order valence-corrected chi connectivity index (χ0v) is 13.3. The highest BCUT2D eigenvalue weighted by Gasteiger charge is 2.12. The van der Waals surface area contributed by atoms with Gasteiger partial charge in [0.05, 0.1) is 27.8 Å². The second-order valence-corrected chi connectivity index (χ2v) is 6.14. The molecule has 4 aromatic rings. The van der Waals surface area contributed by atoms with E-state index in [4.69, 9.17) is 0 Å². The fourth-order valence-corrected chi connectivity index (χ4v) is 3.18. The van der Waals surface area contributed by atoms with Gasteiger partial charge in [-0.15, -0.1) is 11.3 Å². The third kappa shape index (κ3) is 2.87. The minimum Gasteiger partial charge on any atom is -0.319 e. The van der Waals surface area contributed by atoms with Crippen molar-refractivity contribution in [2.24, 2.45) is 0 Å². The smallest absolute Gasteiger partial charge is 0.284 e. The summed E-state index contributed by atoms with van der Waals surface area (Å²) in [6.07, 6.45) is 5.08. The Hall–Kier alpha value is -3.12. The van der Waals surface area contributed by atoms with Gasteiger partial charge in [0, 0.05) is 18.0 Å². The average molecular weight is 332 g/mol. The Morgan fingerprint density at radius 1 is 1.00 bits per heavy atom. The molecule has 1 amide bonds. The van der Waals surface area contributed by atoms with E-state index < -0.39 is 0 Å². The Bertz CT molecular complexity index is 963. The molecule has 3 aromatic heterocycles. The van der Waals surface area contributed by atoms with E-state index in [9.17, 15) is 4.79 Å². The first-order valence-corrected chi connectivity index (χ1v) is 8.15. The van der Waals surface area contributed by atoms with Gasteiger partial charge >= 0.3 is 0 Å². The molecule has 24 heavy (non-hydrogen) atoms. The van der Waals surface area contributed by atoms with Crippen molar-refractivity contribution in [1.82, 2.24) is 15.0 Å². The zero-order chi connectivity index (χ0) is 16.4. The molecule has 1 aromatic carbocycles. The van der Waals surface area contributed by atoms with Crippen molar-refractivity contribution >= 4 is 33.1 Å². The number of anilines is 1. The summed E-state index contributed by atoms with van der Waals surface area (Å²) in [5, 5.41) is 3.27. The van der Waals surface area contributed by atoms with Crippen LogP contribution in [0.25, 0.3) is 21.5 Å². The second-order valence-electron chi connectivity index (χ2n) is 5.11. The highest BCUT2D eigenvalue weighted by molar-refractivity contribution is 7.20. The molecule has 0 unspecified atom stereocenters. The number of benzene rings is 1. The van der Waals surface area contributed by atoms with Gasteiger partial charge in [-0.1, -0.05) is 12.1 Å². The lowest BCUT2D eigenvalue weighted by Crippen LogP contribution is -2.11. The summed E-state index contributed by atoms with van der Waals surface area (Å²) in [7, 11) is 0. The van der Waals surface area contributed by atoms with Crippen LogP contribution in [-0.4, -0.2) is 20.9 Å². The van der Waals surface area contributed by atoms with Gasteiger partial charge in [0.2, 0.25) is 0 Å². The molecular formula is C18H12N4OS. The van der Waals surface area contributed by atoms with Gasteiger partial charge in [-0.3, -0.25) is 14.8 Å². The van der Waals surface area contributed by atoms with Crippen molar-refractivity contribution in [1.29, 1.82) is 0 Å². The summed E-state index contributed by atoms with van der Waals surface area (Å²) in [5.41, 5.74) is 3.28. The summed E-state index contributed by atoms with van der Waals surface area (Å²) in [5.74, 6) is -0.227. The number of thiazole rings is 1. The minimum atomic E-state index is -0.227. The average Bonchev–Trinajstić information content (AvgIpc) is 3.07. The summed E-state index contributed by atoms with van der Waals surface area (Å²) < 4.78 is 0.994. The maximum atomic E-state index is 12.3. The van der Waals surface area contributed by atoms with Crippen molar-refractivity contribution in [2.45, 2.75) is 0 Å². The van der Waals surface area contributed by atoms with E-state index in [-0.39, 0.29) is 5.91 Å². The summed E-state index contributed by atoms with van der Waals surface area (Å²) >= 11 is 1.37. The molecule has 0 radical (unpaired) electrons. The number of fused-ring (bicyclic) bond motifs is 1. The third-order valence-electron chi connectivity index (χ3n) is 3.49. The van der Waals surface area contributed by atoms with Crippen LogP contribution in [0.1, 0.15) is 9.80 Å². The van der Waals surface area contributed by atoms with E-state index in [1.165, 1.54) is 11.3 Å². The first kappa shape index (κ1) is 14.5. The highest BCUT2D eigenvalue weighted by atomic mass is 32.1. The van der Waals surface area contributed by atoms with E-state index in [0.29, 0.717) is 10.7 Å². The van der Waals surface area contributed by atoms with Crippen LogP contribution in [0.15, 0.2) is 67.1 Å². The molecule has 0 atom stereocenters. The maximum absolute atomic E-state index is 12.3. The van der Waals surface area contributed by atoms with Crippen molar-refractivity contribution in [3.8, 4) is 11.3 Å². The largest absolute Gasteiger partial charge is 0.319 e. The van der Waals surface area contributed by atoms with Gasteiger partial charge < -0.3 is 5.32 Å². The normalized spacial score (nSPS) is 10.7. The number of nitrogens with zero attached hydrogens (tertiary/aromatic N) is 3. The number of hydrogen-bond acceptors (Lipinski definition) is 5. The Kier molecular flexibility index (Phi) is 3.72. The van der Waals surface area contributed by atoms with E-state index in [0.717, 1.165) is 21.5 Å². The standard InChI is InChI=1S/C18H12N4OS/c23-17(18-22-15-3-1-2-4-16(15)24-18)21-13-5-6-14(20-11-13)12-7-9-19-10-8-12/h1-11H,(H,21,23). The van der Waals surface area contributed by atoms with Gasteiger partial charge in [-0.05, 0) is 36.4 Å². The van der Waals surface area contributed by atoms with Crippen LogP contribution in [0.5, 0.6) is 0 Å². The second kappa shape index (κ2) is 6.17. The molecule has 0 aliphatic rings. The number of carbonyl (C=O) groups excluding carboxylic acids is 1. The number of nitrogens with one attached hydrogen (secondary N) is 1. The third-order valence-corrected chi connectivity index (χ3v) is 4.52. The Morgan fingerprint density at radius 2 is 1.83 bits per heavy atom. The molecule has 6 heteroatoms. The molecule has 0 saturated carbocycles. The summed E-state index contributed by atoms with van der Waals surface area (Å²) in [6, 6.07) is 15.2. The predicted molar refractivity (Wildman–Crippen MR) is 95.0 cm³/mol. The number of carbonyl (C=O) groups is 1. The maximum Gasteiger partial charge on any atom is 0.284 e. The molecule has 0 spiro atoms. The van der Waals surface area contributed by atoms with Crippen LogP contribution in [0.4, 0.5) is 5.69 Å². The van der Waals surface area contributed by atoms with Gasteiger partial charge in [0.25, 0.3) is 5.91 Å². The Balaban J connectivity index is 1.53. The summed E-state index contributed by atoms with van der Waals surface area (Å²) in [6.45, 7) is 0. The Morgan fingerprint density at radius 3 is 2.58 bits per heavy atom. The van der Waals surface area contributed by atoms with Crippen LogP contribution < -0.4 is 5.32 Å². The van der Waals surface area contributed by atoms with E-state index >= 15 is 0 Å².